The largest absolute Gasteiger partial charge is 0.465 e. The maximum Gasteiger partial charge on any atom is 0.313 e. The average molecular weight is 895 g/mol. The number of hydrogen-bond acceptors (Lipinski definition) is 9. The van der Waals surface area contributed by atoms with Crippen LogP contribution < -0.4 is 11.5 Å². The fourth-order valence-electron chi connectivity index (χ4n) is 17.5. The first-order chi connectivity index (χ1) is 30.9. The fraction of sp³-hybridized carbons (Fsp3) is 0.755. The van der Waals surface area contributed by atoms with E-state index in [0.717, 1.165) is 37.7 Å². The third-order valence-electron chi connectivity index (χ3n) is 20.2. The third kappa shape index (κ3) is 6.97. The van der Waals surface area contributed by atoms with Crippen LogP contribution in [0.3, 0.4) is 0 Å². The molecular formula is C53H74N4O8. The molecule has 0 amide bonds. The summed E-state index contributed by atoms with van der Waals surface area (Å²) >= 11 is 0. The van der Waals surface area contributed by atoms with Crippen molar-refractivity contribution in [3.8, 4) is 11.8 Å². The molecule has 2 bridgehead atoms. The van der Waals surface area contributed by atoms with E-state index in [0.29, 0.717) is 43.1 Å². The first-order valence-corrected chi connectivity index (χ1v) is 25.2. The van der Waals surface area contributed by atoms with E-state index in [2.05, 4.69) is 48.7 Å². The second-order valence-electron chi connectivity index (χ2n) is 23.5. The number of aliphatic hydroxyl groups excluding tert-OH is 3. The number of aromatic nitrogens is 1. The Morgan fingerprint density at radius 2 is 1.75 bits per heavy atom. The van der Waals surface area contributed by atoms with Crippen molar-refractivity contribution >= 4 is 17.7 Å². The second-order valence-corrected chi connectivity index (χ2v) is 23.5. The first kappa shape index (κ1) is 45.3. The summed E-state index contributed by atoms with van der Waals surface area (Å²) in [5.74, 6) is 5.71. The zero-order valence-electron chi connectivity index (χ0n) is 38.9. The van der Waals surface area contributed by atoms with Crippen LogP contribution >= 0.6 is 0 Å². The van der Waals surface area contributed by atoms with Crippen LogP contribution in [0.4, 0.5) is 0 Å². The van der Waals surface area contributed by atoms with E-state index in [9.17, 15) is 35.1 Å². The second kappa shape index (κ2) is 16.4. The Labute approximate surface area is 384 Å². The van der Waals surface area contributed by atoms with Gasteiger partial charge in [-0.1, -0.05) is 38.3 Å². The molecule has 1 spiro atoms. The molecule has 0 radical (unpaired) electrons. The van der Waals surface area contributed by atoms with Crippen LogP contribution in [-0.4, -0.2) is 90.9 Å². The molecule has 21 unspecified atom stereocenters. The third-order valence-corrected chi connectivity index (χ3v) is 20.2. The minimum absolute atomic E-state index is 0.00202. The van der Waals surface area contributed by atoms with E-state index in [1.54, 1.807) is 13.0 Å². The van der Waals surface area contributed by atoms with E-state index in [4.69, 9.17) is 16.2 Å². The number of aliphatic hydroxyl groups is 5. The standard InChI is InChI=1S/C53H74N4O8/c1-27-8-9-29-11-13-35-28(2)17-44(61)51(4,63)47-32(7-5-6-30(18-37(35)36(29)16-27)38-26-65-48(62)45(38)33-14-15-56-24-33)22-53(64)40-20-41(58)39-19-42(59)43(60)23-50(39,3)46(40)31-10-12-34(25-57-49(54)55)52(47,53)21-31/h11,14-15,20,24,27-28,30-32,34-39,42-47,56,59-61,63-64H,7-10,12-13,16-19,21-23,25-26H2,1-4H3,(H4,54,55,57). The lowest BCUT2D eigenvalue weighted by Gasteiger charge is -2.67. The fourth-order valence-corrected chi connectivity index (χ4v) is 17.5. The van der Waals surface area contributed by atoms with Crippen LogP contribution in [0.1, 0.15) is 123 Å². The molecule has 10 rings (SSSR count). The zero-order chi connectivity index (χ0) is 46.0. The van der Waals surface area contributed by atoms with Crippen LogP contribution in [0.5, 0.6) is 0 Å². The number of nitrogens with one attached hydrogen (secondary N) is 1. The van der Waals surface area contributed by atoms with Gasteiger partial charge in [0, 0.05) is 54.4 Å². The van der Waals surface area contributed by atoms with Gasteiger partial charge in [-0.15, -0.1) is 5.92 Å². The highest BCUT2D eigenvalue weighted by Gasteiger charge is 2.77. The van der Waals surface area contributed by atoms with Gasteiger partial charge < -0.3 is 46.7 Å². The van der Waals surface area contributed by atoms with Crippen LogP contribution in [0, 0.1) is 99.6 Å². The molecule has 0 aromatic carbocycles. The molecule has 12 heteroatoms. The number of carbonyl (C=O) groups is 2. The highest BCUT2D eigenvalue weighted by Crippen LogP contribution is 2.76. The number of ketones is 1. The summed E-state index contributed by atoms with van der Waals surface area (Å²) in [5, 5.41) is 62.5. The number of fused-ring (bicyclic) bond motifs is 10. The van der Waals surface area contributed by atoms with Gasteiger partial charge in [-0.25, -0.2) is 0 Å². The molecule has 10 N–H and O–H groups in total. The van der Waals surface area contributed by atoms with Crippen LogP contribution in [0.25, 0.3) is 0 Å². The normalized spacial score (nSPS) is 50.3. The number of allylic oxidation sites excluding steroid dienone is 3. The van der Waals surface area contributed by atoms with Crippen molar-refractivity contribution in [2.75, 3.05) is 13.2 Å². The Balaban J connectivity index is 1.12. The van der Waals surface area contributed by atoms with Crippen LogP contribution in [0.2, 0.25) is 0 Å². The van der Waals surface area contributed by atoms with E-state index in [-0.39, 0.29) is 97.5 Å². The molecule has 21 atom stereocenters. The molecule has 8 aliphatic carbocycles. The molecule has 2 heterocycles. The number of aromatic amines is 1. The van der Waals surface area contributed by atoms with Crippen molar-refractivity contribution < 1.29 is 39.9 Å². The molecule has 6 fully saturated rings. The number of nitrogens with two attached hydrogens (primary N) is 2. The first-order valence-electron chi connectivity index (χ1n) is 25.2. The number of carbonyl (C=O) groups excluding carboxylic acids is 2. The summed E-state index contributed by atoms with van der Waals surface area (Å²) in [6, 6.07) is 1.97. The van der Waals surface area contributed by atoms with Crippen LogP contribution in [-0.2, 0) is 14.3 Å². The van der Waals surface area contributed by atoms with Gasteiger partial charge in [0.05, 0.1) is 42.0 Å². The quantitative estimate of drug-likeness (QED) is 0.0653. The van der Waals surface area contributed by atoms with Crippen molar-refractivity contribution in [1.82, 2.24) is 4.98 Å². The van der Waals surface area contributed by atoms with Crippen molar-refractivity contribution in [3.05, 3.63) is 47.3 Å². The van der Waals surface area contributed by atoms with E-state index < -0.39 is 64.0 Å². The van der Waals surface area contributed by atoms with Gasteiger partial charge >= 0.3 is 5.97 Å². The predicted molar refractivity (Wildman–Crippen MR) is 245 cm³/mol. The molecule has 9 aliphatic rings. The summed E-state index contributed by atoms with van der Waals surface area (Å²) in [4.78, 5) is 35.9. The van der Waals surface area contributed by atoms with Gasteiger partial charge in [0.25, 0.3) is 0 Å². The summed E-state index contributed by atoms with van der Waals surface area (Å²) in [5.41, 5.74) is 10.2. The Kier molecular flexibility index (Phi) is 11.4. The lowest BCUT2D eigenvalue weighted by molar-refractivity contribution is -0.226. The Bertz CT molecular complexity index is 2190. The number of ether oxygens (including phenoxy) is 1. The molecule has 354 valence electrons. The van der Waals surface area contributed by atoms with Gasteiger partial charge in [-0.2, -0.15) is 0 Å². The predicted octanol–water partition coefficient (Wildman–Crippen LogP) is 5.14. The molecule has 1 aromatic heterocycles. The number of aliphatic imine (C=N–C) groups is 1. The lowest BCUT2D eigenvalue weighted by atomic mass is 9.38. The molecular weight excluding hydrogens is 821 g/mol. The number of rotatable bonds is 4. The van der Waals surface area contributed by atoms with Gasteiger partial charge in [0.1, 0.15) is 0 Å². The average Bonchev–Trinajstić information content (AvgIpc) is 3.98. The summed E-state index contributed by atoms with van der Waals surface area (Å²) < 4.78 is 5.91. The Hall–Kier alpha value is -3.47. The number of esters is 1. The summed E-state index contributed by atoms with van der Waals surface area (Å²) in [6.45, 7) is 8.96. The SMILES string of the molecule is CC1CCC2=CCC3C(C)CC(O)C(C)(O)C4C(CC#CC(C5COC(=O)C5c5cc[nH]c5)CC3C2C1)CC1(O)C2=CC(=O)C3CC(O)C(O)CC3(C)C2C2CCC(CN=C(N)N)C41C2. The Morgan fingerprint density at radius 3 is 2.51 bits per heavy atom. The van der Waals surface area contributed by atoms with Gasteiger partial charge in [0.15, 0.2) is 11.7 Å². The topological polar surface area (TPSA) is 225 Å². The molecule has 12 nitrogen and oxygen atoms in total. The maximum absolute atomic E-state index is 14.5. The smallest absolute Gasteiger partial charge is 0.313 e. The summed E-state index contributed by atoms with van der Waals surface area (Å²) in [7, 11) is 0. The number of cyclic esters (lactones) is 1. The van der Waals surface area contributed by atoms with Gasteiger partial charge in [0.2, 0.25) is 0 Å². The number of hydrogen-bond donors (Lipinski definition) is 8. The molecule has 1 saturated heterocycles. The van der Waals surface area contributed by atoms with Crippen molar-refractivity contribution in [1.29, 1.82) is 0 Å². The molecule has 1 aliphatic heterocycles. The van der Waals surface area contributed by atoms with E-state index >= 15 is 0 Å². The van der Waals surface area contributed by atoms with Crippen molar-refractivity contribution in [2.24, 2.45) is 104 Å². The van der Waals surface area contributed by atoms with Gasteiger partial charge in [-0.3, -0.25) is 14.6 Å². The van der Waals surface area contributed by atoms with Crippen molar-refractivity contribution in [3.63, 3.8) is 0 Å². The maximum atomic E-state index is 14.5. The van der Waals surface area contributed by atoms with Gasteiger partial charge in [-0.05, 0) is 166 Å². The minimum atomic E-state index is -1.68. The van der Waals surface area contributed by atoms with Crippen LogP contribution in [0.15, 0.2) is 46.8 Å². The van der Waals surface area contributed by atoms with E-state index in [1.807, 2.05) is 18.5 Å². The Morgan fingerprint density at radius 1 is 0.954 bits per heavy atom. The summed E-state index contributed by atoms with van der Waals surface area (Å²) in [6.07, 6.45) is 13.1. The number of nitrogens with zero attached hydrogens (tertiary/aromatic N) is 1. The highest BCUT2D eigenvalue weighted by molar-refractivity contribution is 5.95. The lowest BCUT2D eigenvalue weighted by Crippen LogP contribution is -2.69. The minimum Gasteiger partial charge on any atom is -0.465 e. The number of guanidine groups is 1. The zero-order valence-corrected chi connectivity index (χ0v) is 38.9. The van der Waals surface area contributed by atoms with Crippen molar-refractivity contribution in [2.45, 2.75) is 147 Å². The van der Waals surface area contributed by atoms with E-state index in [1.165, 1.54) is 12.0 Å². The molecule has 65 heavy (non-hydrogen) atoms. The molecule has 1 aromatic rings. The molecule has 5 saturated carbocycles. The highest BCUT2D eigenvalue weighted by atomic mass is 16.5. The number of H-pyrrole nitrogens is 1. The monoisotopic (exact) mass is 895 g/mol.